The maximum absolute atomic E-state index is 10.9. The van der Waals surface area contributed by atoms with Crippen LogP contribution in [-0.4, -0.2) is 16.8 Å². The van der Waals surface area contributed by atoms with Gasteiger partial charge in [0.05, 0.1) is 5.92 Å². The van der Waals surface area contributed by atoms with Crippen LogP contribution >= 0.6 is 0 Å². The highest BCUT2D eigenvalue weighted by Crippen LogP contribution is 2.09. The number of nitrogens with zero attached hydrogens (tertiary/aromatic N) is 2. The summed E-state index contributed by atoms with van der Waals surface area (Å²) < 4.78 is 0. The lowest BCUT2D eigenvalue weighted by Crippen LogP contribution is -2.12. The topological polar surface area (TPSA) is 73.4 Å². The zero-order valence-electron chi connectivity index (χ0n) is 9.00. The lowest BCUT2D eigenvalue weighted by Gasteiger charge is -2.01. The molecule has 1 unspecified atom stereocenters. The van der Waals surface area contributed by atoms with Gasteiger partial charge in [0.15, 0.2) is 0 Å². The predicted molar refractivity (Wildman–Crippen MR) is 64.0 cm³/mol. The number of terminal acetylenes is 1. The molecule has 1 aliphatic heterocycles. The molecule has 1 N–H and O–H groups in total. The van der Waals surface area contributed by atoms with Crippen LogP contribution in [0.4, 0.5) is 0 Å². The second-order valence-electron chi connectivity index (χ2n) is 3.24. The van der Waals surface area contributed by atoms with Gasteiger partial charge < -0.3 is 5.11 Å². The van der Waals surface area contributed by atoms with Gasteiger partial charge in [-0.15, -0.1) is 6.42 Å². The number of carbonyl (C=O) groups is 1. The van der Waals surface area contributed by atoms with Crippen molar-refractivity contribution in [3.8, 4) is 18.4 Å². The molecule has 0 bridgehead atoms. The van der Waals surface area contributed by atoms with Gasteiger partial charge in [-0.25, -0.2) is 9.79 Å². The Bertz CT molecular complexity index is 511. The number of carboxylic acid groups (broad SMARTS) is 1. The number of allylic oxidation sites excluding steroid dienone is 6. The number of aliphatic imine (C=N–C) groups is 1. The molecule has 1 aliphatic rings. The van der Waals surface area contributed by atoms with Gasteiger partial charge in [0, 0.05) is 6.42 Å². The lowest BCUT2D eigenvalue weighted by atomic mass is 10.1. The fourth-order valence-corrected chi connectivity index (χ4v) is 1.20. The van der Waals surface area contributed by atoms with Crippen molar-refractivity contribution >= 4 is 11.7 Å². The van der Waals surface area contributed by atoms with Crippen molar-refractivity contribution in [1.82, 2.24) is 0 Å². The second-order valence-corrected chi connectivity index (χ2v) is 3.24. The van der Waals surface area contributed by atoms with Gasteiger partial charge in [-0.3, -0.25) is 0 Å². The van der Waals surface area contributed by atoms with Crippen molar-refractivity contribution in [3.05, 3.63) is 36.1 Å². The summed E-state index contributed by atoms with van der Waals surface area (Å²) in [5.41, 5.74) is -0.0644. The van der Waals surface area contributed by atoms with E-state index in [0.717, 1.165) is 0 Å². The molecule has 0 fully saturated rings. The van der Waals surface area contributed by atoms with E-state index in [4.69, 9.17) is 16.8 Å². The van der Waals surface area contributed by atoms with E-state index < -0.39 is 5.97 Å². The molecule has 17 heavy (non-hydrogen) atoms. The van der Waals surface area contributed by atoms with Crippen LogP contribution in [0, 0.1) is 29.6 Å². The number of aliphatic carboxylic acids is 1. The Morgan fingerprint density at radius 3 is 2.94 bits per heavy atom. The summed E-state index contributed by atoms with van der Waals surface area (Å²) in [4.78, 5) is 14.7. The molecule has 0 saturated heterocycles. The highest BCUT2D eigenvalue weighted by molar-refractivity contribution is 6.36. The second kappa shape index (κ2) is 6.09. The average molecular weight is 226 g/mol. The molecule has 0 radical (unpaired) electrons. The smallest absolute Gasteiger partial charge is 0.350 e. The Morgan fingerprint density at radius 1 is 1.59 bits per heavy atom. The molecule has 4 heteroatoms. The van der Waals surface area contributed by atoms with Crippen molar-refractivity contribution in [3.63, 3.8) is 0 Å². The minimum absolute atomic E-state index is 0.0188. The first-order valence-corrected chi connectivity index (χ1v) is 4.89. The highest BCUT2D eigenvalue weighted by atomic mass is 16.4. The summed E-state index contributed by atoms with van der Waals surface area (Å²) in [5, 5.41) is 17.7. The zero-order valence-corrected chi connectivity index (χ0v) is 9.00. The third-order valence-electron chi connectivity index (χ3n) is 2.02. The molecular weight excluding hydrogens is 216 g/mol. The van der Waals surface area contributed by atoms with E-state index in [9.17, 15) is 4.79 Å². The molecule has 4 nitrogen and oxygen atoms in total. The van der Waals surface area contributed by atoms with Crippen LogP contribution in [0.1, 0.15) is 6.42 Å². The number of hydrogen-bond donors (Lipinski definition) is 1. The molecule has 0 saturated carbocycles. The lowest BCUT2D eigenvalue weighted by molar-refractivity contribution is -0.129. The van der Waals surface area contributed by atoms with Gasteiger partial charge in [0.1, 0.15) is 17.5 Å². The first-order chi connectivity index (χ1) is 8.17. The van der Waals surface area contributed by atoms with E-state index in [-0.39, 0.29) is 23.7 Å². The van der Waals surface area contributed by atoms with Crippen LogP contribution in [0.15, 0.2) is 41.1 Å². The van der Waals surface area contributed by atoms with E-state index in [1.807, 2.05) is 6.07 Å². The Kier molecular flexibility index (Phi) is 4.47. The SMILES string of the molecule is C#CC1/C=C\C=C/CC(C(=O)O)=N/C(C#N)=C\1. The van der Waals surface area contributed by atoms with Gasteiger partial charge in [0.2, 0.25) is 0 Å². The van der Waals surface area contributed by atoms with Crippen LogP contribution in [0.25, 0.3) is 0 Å². The minimum Gasteiger partial charge on any atom is -0.477 e. The van der Waals surface area contributed by atoms with Crippen LogP contribution < -0.4 is 0 Å². The summed E-state index contributed by atoms with van der Waals surface area (Å²) in [6, 6.07) is 1.83. The van der Waals surface area contributed by atoms with Crippen molar-refractivity contribution in [2.75, 3.05) is 0 Å². The van der Waals surface area contributed by atoms with Gasteiger partial charge in [-0.05, 0) is 6.08 Å². The fraction of sp³-hybridized carbons (Fsp3) is 0.154. The quantitative estimate of drug-likeness (QED) is 0.691. The molecule has 0 amide bonds. The highest BCUT2D eigenvalue weighted by Gasteiger charge is 2.09. The third kappa shape index (κ3) is 3.81. The normalized spacial score (nSPS) is 26.4. The van der Waals surface area contributed by atoms with Crippen LogP contribution in [-0.2, 0) is 4.79 Å². The van der Waals surface area contributed by atoms with E-state index in [1.165, 1.54) is 6.08 Å². The van der Waals surface area contributed by atoms with Gasteiger partial charge >= 0.3 is 5.97 Å². The molecule has 0 aliphatic carbocycles. The van der Waals surface area contributed by atoms with Crippen LogP contribution in [0.2, 0.25) is 0 Å². The van der Waals surface area contributed by atoms with E-state index in [2.05, 4.69) is 10.9 Å². The predicted octanol–water partition coefficient (Wildman–Crippen LogP) is 1.68. The number of rotatable bonds is 1. The zero-order chi connectivity index (χ0) is 12.7. The molecule has 0 aromatic heterocycles. The van der Waals surface area contributed by atoms with Crippen LogP contribution in [0.5, 0.6) is 0 Å². The minimum atomic E-state index is -1.14. The first kappa shape index (κ1) is 12.5. The monoisotopic (exact) mass is 226 g/mol. The molecule has 0 aromatic carbocycles. The van der Waals surface area contributed by atoms with Crippen molar-refractivity contribution < 1.29 is 9.90 Å². The third-order valence-corrected chi connectivity index (χ3v) is 2.02. The van der Waals surface area contributed by atoms with Crippen molar-refractivity contribution in [2.24, 2.45) is 10.9 Å². The Hall–Kier alpha value is -2.59. The summed E-state index contributed by atoms with van der Waals surface area (Å²) in [5.74, 6) is 0.953. The van der Waals surface area contributed by atoms with E-state index in [1.54, 1.807) is 24.3 Å². The average Bonchev–Trinajstić information content (AvgIpc) is 2.34. The first-order valence-electron chi connectivity index (χ1n) is 4.89. The standard InChI is InChI=1S/C13H10N2O2/c1-2-10-6-4-3-5-7-12(13(16)17)15-11(8-10)9-14/h1,3-6,8,10H,7H2,(H,16,17)/b5-3-,6-4-,11-8-,15-12?. The largest absolute Gasteiger partial charge is 0.477 e. The molecule has 0 aromatic rings. The maximum atomic E-state index is 10.9. The molecule has 0 spiro atoms. The maximum Gasteiger partial charge on any atom is 0.350 e. The Balaban J connectivity index is 3.20. The number of nitriles is 1. The van der Waals surface area contributed by atoms with Crippen LogP contribution in [0.3, 0.4) is 0 Å². The molecule has 1 rings (SSSR count). The van der Waals surface area contributed by atoms with Gasteiger partial charge in [-0.2, -0.15) is 5.26 Å². The van der Waals surface area contributed by atoms with Gasteiger partial charge in [0.25, 0.3) is 0 Å². The molecule has 1 heterocycles. The summed E-state index contributed by atoms with van der Waals surface area (Å²) in [7, 11) is 0. The van der Waals surface area contributed by atoms with Gasteiger partial charge in [-0.1, -0.05) is 30.2 Å². The van der Waals surface area contributed by atoms with Crippen molar-refractivity contribution in [2.45, 2.75) is 6.42 Å². The summed E-state index contributed by atoms with van der Waals surface area (Å²) in [6.45, 7) is 0. The Labute approximate surface area is 99.3 Å². The van der Waals surface area contributed by atoms with Crippen molar-refractivity contribution in [1.29, 1.82) is 5.26 Å². The summed E-state index contributed by atoms with van der Waals surface area (Å²) in [6.07, 6.45) is 13.7. The number of hydrogen-bond acceptors (Lipinski definition) is 3. The Morgan fingerprint density at radius 2 is 2.35 bits per heavy atom. The summed E-state index contributed by atoms with van der Waals surface area (Å²) >= 11 is 0. The molecule has 84 valence electrons. The molecular formula is C13H10N2O2. The number of carboxylic acids is 1. The fourth-order valence-electron chi connectivity index (χ4n) is 1.20. The van der Waals surface area contributed by atoms with E-state index in [0.29, 0.717) is 0 Å². The molecule has 1 atom stereocenters. The van der Waals surface area contributed by atoms with E-state index >= 15 is 0 Å².